The summed E-state index contributed by atoms with van der Waals surface area (Å²) in [6.07, 6.45) is 7.18. The molecule has 1 heterocycles. The third-order valence-corrected chi connectivity index (χ3v) is 5.14. The van der Waals surface area contributed by atoms with Gasteiger partial charge in [-0.05, 0) is 18.8 Å². The molecular weight excluding hydrogens is 264 g/mol. The van der Waals surface area contributed by atoms with E-state index in [1.165, 1.54) is 18.8 Å². The van der Waals surface area contributed by atoms with Crippen molar-refractivity contribution in [1.29, 1.82) is 0 Å². The molecule has 7 heteroatoms. The van der Waals surface area contributed by atoms with Crippen molar-refractivity contribution in [1.82, 2.24) is 14.5 Å². The van der Waals surface area contributed by atoms with Crippen molar-refractivity contribution >= 4 is 10.0 Å². The molecule has 0 spiro atoms. The van der Waals surface area contributed by atoms with Crippen LogP contribution in [0, 0.1) is 5.92 Å². The summed E-state index contributed by atoms with van der Waals surface area (Å²) < 4.78 is 28.9. The number of nitrogens with two attached hydrogens (primary N) is 1. The van der Waals surface area contributed by atoms with Gasteiger partial charge < -0.3 is 5.73 Å². The van der Waals surface area contributed by atoms with E-state index in [9.17, 15) is 8.42 Å². The molecule has 0 bridgehead atoms. The maximum absolute atomic E-state index is 12.3. The first kappa shape index (κ1) is 14.5. The van der Waals surface area contributed by atoms with Crippen LogP contribution in [0.25, 0.3) is 0 Å². The lowest BCUT2D eigenvalue weighted by Crippen LogP contribution is -2.40. The molecule has 108 valence electrons. The fourth-order valence-corrected chi connectivity index (χ4v) is 3.83. The molecule has 0 amide bonds. The van der Waals surface area contributed by atoms with Crippen LogP contribution in [0.2, 0.25) is 0 Å². The molecule has 1 aromatic rings. The van der Waals surface area contributed by atoms with Crippen LogP contribution in [0.5, 0.6) is 0 Å². The highest BCUT2D eigenvalue weighted by Crippen LogP contribution is 2.25. The third kappa shape index (κ3) is 3.55. The van der Waals surface area contributed by atoms with Crippen LogP contribution in [0.4, 0.5) is 0 Å². The highest BCUT2D eigenvalue weighted by atomic mass is 32.2. The zero-order valence-corrected chi connectivity index (χ0v) is 12.1. The van der Waals surface area contributed by atoms with Crippen LogP contribution >= 0.6 is 0 Å². The van der Waals surface area contributed by atoms with Crippen molar-refractivity contribution in [2.24, 2.45) is 11.7 Å². The van der Waals surface area contributed by atoms with Gasteiger partial charge >= 0.3 is 0 Å². The fraction of sp³-hybridized carbons (Fsp3) is 0.750. The van der Waals surface area contributed by atoms with Crippen molar-refractivity contribution in [3.05, 3.63) is 12.4 Å². The molecule has 2 unspecified atom stereocenters. The van der Waals surface area contributed by atoms with Crippen molar-refractivity contribution in [2.75, 3.05) is 6.54 Å². The normalized spacial score (nSPS) is 24.5. The van der Waals surface area contributed by atoms with Gasteiger partial charge in [0.05, 0.1) is 12.7 Å². The molecule has 1 fully saturated rings. The molecule has 0 radical (unpaired) electrons. The molecule has 2 rings (SSSR count). The number of aromatic nitrogens is 2. The highest BCUT2D eigenvalue weighted by Gasteiger charge is 2.27. The molecule has 0 saturated heterocycles. The Morgan fingerprint density at radius 1 is 1.47 bits per heavy atom. The van der Waals surface area contributed by atoms with Gasteiger partial charge in [0.25, 0.3) is 0 Å². The Labute approximate surface area is 114 Å². The second-order valence-electron chi connectivity index (χ2n) is 5.22. The lowest BCUT2D eigenvalue weighted by Gasteiger charge is -2.28. The van der Waals surface area contributed by atoms with Crippen molar-refractivity contribution in [2.45, 2.75) is 50.1 Å². The maximum Gasteiger partial charge on any atom is 0.243 e. The predicted octanol–water partition coefficient (Wildman–Crippen LogP) is 0.699. The Morgan fingerprint density at radius 3 is 2.89 bits per heavy atom. The van der Waals surface area contributed by atoms with E-state index in [4.69, 9.17) is 5.73 Å². The van der Waals surface area contributed by atoms with Gasteiger partial charge in [0, 0.05) is 18.8 Å². The van der Waals surface area contributed by atoms with E-state index in [1.807, 2.05) is 0 Å². The van der Waals surface area contributed by atoms with Gasteiger partial charge in [-0.15, -0.1) is 0 Å². The van der Waals surface area contributed by atoms with Crippen LogP contribution in [-0.2, 0) is 16.6 Å². The summed E-state index contributed by atoms with van der Waals surface area (Å²) in [5.41, 5.74) is 5.42. The molecule has 2 atom stereocenters. The molecule has 0 aromatic carbocycles. The Bertz CT molecular complexity index is 512. The van der Waals surface area contributed by atoms with Gasteiger partial charge in [-0.1, -0.05) is 19.8 Å². The van der Waals surface area contributed by atoms with E-state index in [-0.39, 0.29) is 10.9 Å². The number of nitrogens with one attached hydrogen (secondary N) is 1. The van der Waals surface area contributed by atoms with Crippen molar-refractivity contribution in [3.63, 3.8) is 0 Å². The van der Waals surface area contributed by atoms with Gasteiger partial charge in [-0.3, -0.25) is 4.68 Å². The minimum atomic E-state index is -3.46. The van der Waals surface area contributed by atoms with Crippen molar-refractivity contribution in [3.8, 4) is 0 Å². The van der Waals surface area contributed by atoms with Crippen LogP contribution in [0.1, 0.15) is 32.6 Å². The summed E-state index contributed by atoms with van der Waals surface area (Å²) >= 11 is 0. The topological polar surface area (TPSA) is 90.0 Å². The minimum absolute atomic E-state index is 0.0385. The van der Waals surface area contributed by atoms with Gasteiger partial charge in [0.15, 0.2) is 0 Å². The lowest BCUT2D eigenvalue weighted by atomic mass is 9.87. The third-order valence-electron chi connectivity index (χ3n) is 3.70. The fourth-order valence-electron chi connectivity index (χ4n) is 2.50. The zero-order chi connectivity index (χ0) is 13.9. The summed E-state index contributed by atoms with van der Waals surface area (Å²) in [6, 6.07) is 0.0385. The number of hydrogen-bond acceptors (Lipinski definition) is 4. The summed E-state index contributed by atoms with van der Waals surface area (Å²) in [7, 11) is -3.46. The summed E-state index contributed by atoms with van der Waals surface area (Å²) in [5, 5.41) is 4.00. The average Bonchev–Trinajstić information content (AvgIpc) is 2.82. The van der Waals surface area contributed by atoms with Gasteiger partial charge in [-0.2, -0.15) is 5.10 Å². The van der Waals surface area contributed by atoms with E-state index in [2.05, 4.69) is 16.7 Å². The average molecular weight is 286 g/mol. The SMILES string of the molecule is CC1CCCCC1NS(=O)(=O)c1cnn(CCN)c1. The number of hydrogen-bond donors (Lipinski definition) is 2. The van der Waals surface area contributed by atoms with Crippen LogP contribution in [0.3, 0.4) is 0 Å². The Kier molecular flexibility index (Phi) is 4.59. The highest BCUT2D eigenvalue weighted by molar-refractivity contribution is 7.89. The first-order chi connectivity index (χ1) is 9.03. The second kappa shape index (κ2) is 6.02. The smallest absolute Gasteiger partial charge is 0.243 e. The lowest BCUT2D eigenvalue weighted by molar-refractivity contribution is 0.310. The van der Waals surface area contributed by atoms with E-state index in [0.29, 0.717) is 19.0 Å². The van der Waals surface area contributed by atoms with E-state index >= 15 is 0 Å². The standard InChI is InChI=1S/C12H22N4O2S/c1-10-4-2-3-5-12(10)15-19(17,18)11-8-14-16(9-11)7-6-13/h8-10,12,15H,2-7,13H2,1H3. The summed E-state index contributed by atoms with van der Waals surface area (Å²) in [4.78, 5) is 0.221. The quantitative estimate of drug-likeness (QED) is 0.833. The van der Waals surface area contributed by atoms with Crippen LogP contribution in [0.15, 0.2) is 17.3 Å². The van der Waals surface area contributed by atoms with Gasteiger partial charge in [0.1, 0.15) is 4.90 Å². The Morgan fingerprint density at radius 2 is 2.21 bits per heavy atom. The Balaban J connectivity index is 2.08. The van der Waals surface area contributed by atoms with Gasteiger partial charge in [0.2, 0.25) is 10.0 Å². The molecule has 1 aliphatic carbocycles. The van der Waals surface area contributed by atoms with Crippen molar-refractivity contribution < 1.29 is 8.42 Å². The second-order valence-corrected chi connectivity index (χ2v) is 6.93. The molecule has 1 saturated carbocycles. The monoisotopic (exact) mass is 286 g/mol. The molecule has 0 aliphatic heterocycles. The molecule has 3 N–H and O–H groups in total. The molecule has 1 aromatic heterocycles. The van der Waals surface area contributed by atoms with E-state index < -0.39 is 10.0 Å². The number of sulfonamides is 1. The number of nitrogens with zero attached hydrogens (tertiary/aromatic N) is 2. The molecular formula is C12H22N4O2S. The van der Waals surface area contributed by atoms with Crippen LogP contribution < -0.4 is 10.5 Å². The molecule has 19 heavy (non-hydrogen) atoms. The first-order valence-electron chi connectivity index (χ1n) is 6.78. The molecule has 1 aliphatic rings. The first-order valence-corrected chi connectivity index (χ1v) is 8.26. The van der Waals surface area contributed by atoms with Crippen LogP contribution in [-0.4, -0.2) is 30.8 Å². The number of rotatable bonds is 5. The minimum Gasteiger partial charge on any atom is -0.329 e. The summed E-state index contributed by atoms with van der Waals surface area (Å²) in [6.45, 7) is 3.06. The summed E-state index contributed by atoms with van der Waals surface area (Å²) in [5.74, 6) is 0.391. The predicted molar refractivity (Wildman–Crippen MR) is 73.0 cm³/mol. The maximum atomic E-state index is 12.3. The van der Waals surface area contributed by atoms with E-state index in [0.717, 1.165) is 19.3 Å². The zero-order valence-electron chi connectivity index (χ0n) is 11.2. The largest absolute Gasteiger partial charge is 0.329 e. The Hall–Kier alpha value is -0.920. The van der Waals surface area contributed by atoms with E-state index in [1.54, 1.807) is 4.68 Å². The van der Waals surface area contributed by atoms with Gasteiger partial charge in [-0.25, -0.2) is 13.1 Å². The molecule has 6 nitrogen and oxygen atoms in total.